The zero-order chi connectivity index (χ0) is 18.1. The number of benzene rings is 1. The van der Waals surface area contributed by atoms with Crippen LogP contribution in [0.15, 0.2) is 36.7 Å². The summed E-state index contributed by atoms with van der Waals surface area (Å²) in [5, 5.41) is 0. The van der Waals surface area contributed by atoms with Gasteiger partial charge in [0.2, 0.25) is 5.88 Å². The van der Waals surface area contributed by atoms with Gasteiger partial charge in [-0.15, -0.1) is 0 Å². The van der Waals surface area contributed by atoms with Crippen LogP contribution in [0.25, 0.3) is 0 Å². The van der Waals surface area contributed by atoms with Gasteiger partial charge in [-0.1, -0.05) is 18.2 Å². The predicted octanol–water partition coefficient (Wildman–Crippen LogP) is 4.20. The number of hydrogen-bond acceptors (Lipinski definition) is 4. The summed E-state index contributed by atoms with van der Waals surface area (Å²) >= 11 is 0. The van der Waals surface area contributed by atoms with Crippen LogP contribution in [-0.4, -0.2) is 22.9 Å². The maximum atomic E-state index is 13.0. The second kappa shape index (κ2) is 6.46. The van der Waals surface area contributed by atoms with Crippen molar-refractivity contribution in [2.24, 2.45) is 0 Å². The fourth-order valence-corrected chi connectivity index (χ4v) is 2.94. The number of nitrogens with zero attached hydrogens (tertiary/aromatic N) is 2. The molecule has 0 N–H and O–H groups in total. The van der Waals surface area contributed by atoms with Gasteiger partial charge in [0.05, 0.1) is 30.8 Å². The number of aromatic nitrogens is 2. The highest BCUT2D eigenvalue weighted by Gasteiger charge is 2.46. The van der Waals surface area contributed by atoms with E-state index in [9.17, 15) is 18.0 Å². The molecule has 0 spiro atoms. The largest absolute Gasteiger partial charge is 0.480 e. The van der Waals surface area contributed by atoms with Gasteiger partial charge < -0.3 is 4.74 Å². The molecule has 2 aromatic rings. The SMILES string of the molecule is COc1cnc(C2(CCC(=O)c3ccccc3C(F)(F)F)CC2)cn1. The molecule has 0 atom stereocenters. The van der Waals surface area contributed by atoms with Crippen molar-refractivity contribution in [1.82, 2.24) is 9.97 Å². The average Bonchev–Trinajstić information content (AvgIpc) is 3.40. The van der Waals surface area contributed by atoms with Crippen molar-refractivity contribution < 1.29 is 22.7 Å². The van der Waals surface area contributed by atoms with E-state index in [1.165, 1.54) is 31.5 Å². The number of Topliss-reactive ketones (excluding diaryl/α,β-unsaturated/α-hetero) is 1. The van der Waals surface area contributed by atoms with E-state index in [2.05, 4.69) is 9.97 Å². The Morgan fingerprint density at radius 1 is 1.20 bits per heavy atom. The second-order valence-electron chi connectivity index (χ2n) is 6.19. The maximum absolute atomic E-state index is 13.0. The summed E-state index contributed by atoms with van der Waals surface area (Å²) in [4.78, 5) is 20.8. The number of rotatable bonds is 6. The minimum atomic E-state index is -4.54. The van der Waals surface area contributed by atoms with Crippen LogP contribution in [0.2, 0.25) is 0 Å². The topological polar surface area (TPSA) is 52.1 Å². The molecule has 1 aliphatic rings. The summed E-state index contributed by atoms with van der Waals surface area (Å²) < 4.78 is 44.1. The molecule has 1 saturated carbocycles. The highest BCUT2D eigenvalue weighted by molar-refractivity contribution is 5.97. The van der Waals surface area contributed by atoms with Crippen molar-refractivity contribution in [1.29, 1.82) is 0 Å². The monoisotopic (exact) mass is 350 g/mol. The zero-order valence-electron chi connectivity index (χ0n) is 13.6. The molecule has 1 aromatic carbocycles. The van der Waals surface area contributed by atoms with E-state index in [4.69, 9.17) is 4.74 Å². The molecule has 0 radical (unpaired) electrons. The quantitative estimate of drug-likeness (QED) is 0.733. The third-order valence-corrected chi connectivity index (χ3v) is 4.60. The highest BCUT2D eigenvalue weighted by atomic mass is 19.4. The third-order valence-electron chi connectivity index (χ3n) is 4.60. The number of alkyl halides is 3. The summed E-state index contributed by atoms with van der Waals surface area (Å²) in [7, 11) is 1.49. The first kappa shape index (κ1) is 17.4. The van der Waals surface area contributed by atoms with Gasteiger partial charge in [0.15, 0.2) is 5.78 Å². The Hall–Kier alpha value is -2.44. The van der Waals surface area contributed by atoms with Crippen LogP contribution < -0.4 is 4.74 Å². The van der Waals surface area contributed by atoms with Gasteiger partial charge in [-0.25, -0.2) is 4.98 Å². The van der Waals surface area contributed by atoms with Crippen molar-refractivity contribution in [3.8, 4) is 5.88 Å². The Morgan fingerprint density at radius 2 is 1.92 bits per heavy atom. The van der Waals surface area contributed by atoms with Gasteiger partial charge in [-0.3, -0.25) is 9.78 Å². The van der Waals surface area contributed by atoms with Gasteiger partial charge in [0, 0.05) is 17.4 Å². The Kier molecular flexibility index (Phi) is 4.49. The predicted molar refractivity (Wildman–Crippen MR) is 84.5 cm³/mol. The normalized spacial score (nSPS) is 15.7. The van der Waals surface area contributed by atoms with Gasteiger partial charge >= 0.3 is 6.18 Å². The standard InChI is InChI=1S/C18H17F3N2O2/c1-25-16-11-22-15(10-23-16)17(8-9-17)7-6-14(24)12-4-2-3-5-13(12)18(19,20)21/h2-5,10-11H,6-9H2,1H3. The summed E-state index contributed by atoms with van der Waals surface area (Å²) in [6.07, 6.45) is 0.783. The molecule has 25 heavy (non-hydrogen) atoms. The van der Waals surface area contributed by atoms with Crippen LogP contribution in [0.3, 0.4) is 0 Å². The Balaban J connectivity index is 1.72. The fourth-order valence-electron chi connectivity index (χ4n) is 2.94. The third kappa shape index (κ3) is 3.65. The zero-order valence-corrected chi connectivity index (χ0v) is 13.6. The van der Waals surface area contributed by atoms with Crippen LogP contribution in [0, 0.1) is 0 Å². The smallest absolute Gasteiger partial charge is 0.417 e. The molecule has 0 aliphatic heterocycles. The summed E-state index contributed by atoms with van der Waals surface area (Å²) in [6.45, 7) is 0. The molecule has 132 valence electrons. The van der Waals surface area contributed by atoms with Crippen LogP contribution in [0.1, 0.15) is 47.3 Å². The van der Waals surface area contributed by atoms with Crippen LogP contribution in [-0.2, 0) is 11.6 Å². The minimum Gasteiger partial charge on any atom is -0.480 e. The lowest BCUT2D eigenvalue weighted by atomic mass is 9.92. The second-order valence-corrected chi connectivity index (χ2v) is 6.19. The maximum Gasteiger partial charge on any atom is 0.417 e. The number of ether oxygens (including phenoxy) is 1. The Morgan fingerprint density at radius 3 is 2.48 bits per heavy atom. The van der Waals surface area contributed by atoms with Crippen LogP contribution in [0.4, 0.5) is 13.2 Å². The first-order valence-electron chi connectivity index (χ1n) is 7.92. The van der Waals surface area contributed by atoms with Crippen molar-refractivity contribution in [3.05, 3.63) is 53.5 Å². The number of methoxy groups -OCH3 is 1. The van der Waals surface area contributed by atoms with E-state index in [0.717, 1.165) is 24.6 Å². The summed E-state index contributed by atoms with van der Waals surface area (Å²) in [6, 6.07) is 4.91. The molecule has 1 aromatic heterocycles. The highest BCUT2D eigenvalue weighted by Crippen LogP contribution is 2.51. The lowest BCUT2D eigenvalue weighted by molar-refractivity contribution is -0.137. The van der Waals surface area contributed by atoms with E-state index in [1.54, 1.807) is 6.20 Å². The molecular formula is C18H17F3N2O2. The molecule has 1 heterocycles. The number of carbonyl (C=O) groups excluding carboxylic acids is 1. The number of ketones is 1. The van der Waals surface area contributed by atoms with E-state index in [1.807, 2.05) is 0 Å². The molecule has 1 fully saturated rings. The molecule has 0 unspecified atom stereocenters. The van der Waals surface area contributed by atoms with Crippen molar-refractivity contribution in [2.75, 3.05) is 7.11 Å². The lowest BCUT2D eigenvalue weighted by Gasteiger charge is -2.15. The Labute approximate surface area is 143 Å². The van der Waals surface area contributed by atoms with Crippen molar-refractivity contribution >= 4 is 5.78 Å². The molecule has 1 aliphatic carbocycles. The van der Waals surface area contributed by atoms with Gasteiger partial charge in [0.25, 0.3) is 0 Å². The van der Waals surface area contributed by atoms with Gasteiger partial charge in [0.1, 0.15) is 0 Å². The average molecular weight is 350 g/mol. The summed E-state index contributed by atoms with van der Waals surface area (Å²) in [5.41, 5.74) is -0.659. The van der Waals surface area contributed by atoms with E-state index in [0.29, 0.717) is 12.3 Å². The molecule has 0 saturated heterocycles. The van der Waals surface area contributed by atoms with E-state index in [-0.39, 0.29) is 17.4 Å². The lowest BCUT2D eigenvalue weighted by Crippen LogP contribution is -2.16. The number of halogens is 3. The molecule has 0 bridgehead atoms. The van der Waals surface area contributed by atoms with Crippen LogP contribution in [0.5, 0.6) is 5.88 Å². The first-order valence-corrected chi connectivity index (χ1v) is 7.92. The van der Waals surface area contributed by atoms with Gasteiger partial charge in [-0.2, -0.15) is 13.2 Å². The molecule has 4 nitrogen and oxygen atoms in total. The number of carbonyl (C=O) groups is 1. The molecule has 7 heteroatoms. The van der Waals surface area contributed by atoms with E-state index < -0.39 is 17.5 Å². The number of hydrogen-bond donors (Lipinski definition) is 0. The molecule has 3 rings (SSSR count). The van der Waals surface area contributed by atoms with Crippen LogP contribution >= 0.6 is 0 Å². The minimum absolute atomic E-state index is 0.0425. The van der Waals surface area contributed by atoms with E-state index >= 15 is 0 Å². The summed E-state index contributed by atoms with van der Waals surface area (Å²) in [5.74, 6) is -0.101. The first-order chi connectivity index (χ1) is 11.9. The van der Waals surface area contributed by atoms with Crippen molar-refractivity contribution in [3.63, 3.8) is 0 Å². The molecular weight excluding hydrogens is 333 g/mol. The fraction of sp³-hybridized carbons (Fsp3) is 0.389. The Bertz CT molecular complexity index is 769. The van der Waals surface area contributed by atoms with Crippen molar-refractivity contribution in [2.45, 2.75) is 37.3 Å². The van der Waals surface area contributed by atoms with Gasteiger partial charge in [-0.05, 0) is 25.3 Å². The molecule has 0 amide bonds.